The Morgan fingerprint density at radius 3 is 1.75 bits per heavy atom. The molecule has 16 heavy (non-hydrogen) atoms. The Morgan fingerprint density at radius 2 is 1.19 bits per heavy atom. The quantitative estimate of drug-likeness (QED) is 0.278. The third kappa shape index (κ3) is 13.7. The zero-order valence-electron chi connectivity index (χ0n) is 11.3. The Kier molecular flexibility index (Phi) is 14.5. The molecule has 0 rings (SSSR count). The van der Waals surface area contributed by atoms with Crippen LogP contribution in [0.5, 0.6) is 0 Å². The number of unbranched alkanes of at least 4 members (excludes halogenated alkanes) is 10. The predicted octanol–water partition coefficient (Wildman–Crippen LogP) is 6.08. The standard InChI is InChI=1S/C16H31/c1-3-5-7-9-11-13-15-16-14-12-10-8-6-4-2/h11,13H,1,3-10,12,14-16H2,2H3/b13-11+. The van der Waals surface area contributed by atoms with Crippen LogP contribution in [0.25, 0.3) is 0 Å². The van der Waals surface area contributed by atoms with Gasteiger partial charge in [-0.05, 0) is 25.7 Å². The summed E-state index contributed by atoms with van der Waals surface area (Å²) in [4.78, 5) is 0. The molecule has 0 aromatic carbocycles. The van der Waals surface area contributed by atoms with Crippen molar-refractivity contribution in [1.29, 1.82) is 0 Å². The fourth-order valence-corrected chi connectivity index (χ4v) is 1.89. The van der Waals surface area contributed by atoms with Crippen LogP contribution in [0.3, 0.4) is 0 Å². The normalized spacial score (nSPS) is 11.4. The smallest absolute Gasteiger partial charge is 0.0351 e. The lowest BCUT2D eigenvalue weighted by atomic mass is 10.1. The molecule has 0 aromatic rings. The molecule has 0 fully saturated rings. The van der Waals surface area contributed by atoms with Crippen LogP contribution in [-0.2, 0) is 0 Å². The molecule has 1 radical (unpaired) electrons. The average molecular weight is 223 g/mol. The molecule has 0 amide bonds. The van der Waals surface area contributed by atoms with E-state index in [2.05, 4.69) is 26.0 Å². The van der Waals surface area contributed by atoms with Crippen molar-refractivity contribution in [3.05, 3.63) is 19.1 Å². The molecule has 0 aromatic heterocycles. The zero-order valence-corrected chi connectivity index (χ0v) is 11.3. The van der Waals surface area contributed by atoms with E-state index in [1.54, 1.807) is 0 Å². The maximum Gasteiger partial charge on any atom is -0.0351 e. The van der Waals surface area contributed by atoms with Crippen LogP contribution in [0.2, 0.25) is 0 Å². The van der Waals surface area contributed by atoms with E-state index in [1.165, 1.54) is 70.6 Å². The summed E-state index contributed by atoms with van der Waals surface area (Å²) in [7, 11) is 0. The second kappa shape index (κ2) is 14.7. The second-order valence-electron chi connectivity index (χ2n) is 4.73. The highest BCUT2D eigenvalue weighted by atomic mass is 14.0. The minimum Gasteiger partial charge on any atom is -0.0885 e. The van der Waals surface area contributed by atoms with Gasteiger partial charge in [0.1, 0.15) is 0 Å². The van der Waals surface area contributed by atoms with Crippen molar-refractivity contribution in [3.8, 4) is 0 Å². The van der Waals surface area contributed by atoms with E-state index in [0.717, 1.165) is 6.42 Å². The topological polar surface area (TPSA) is 0 Å². The summed E-state index contributed by atoms with van der Waals surface area (Å²) in [5.74, 6) is 0. The molecule has 0 bridgehead atoms. The van der Waals surface area contributed by atoms with E-state index in [1.807, 2.05) is 0 Å². The molecule has 0 heterocycles. The van der Waals surface area contributed by atoms with Crippen molar-refractivity contribution < 1.29 is 0 Å². The summed E-state index contributed by atoms with van der Waals surface area (Å²) in [6, 6.07) is 0. The fourth-order valence-electron chi connectivity index (χ4n) is 1.89. The number of hydrogen-bond acceptors (Lipinski definition) is 0. The Balaban J connectivity index is 2.97. The van der Waals surface area contributed by atoms with E-state index in [-0.39, 0.29) is 0 Å². The van der Waals surface area contributed by atoms with Gasteiger partial charge in [-0.1, -0.05) is 77.4 Å². The van der Waals surface area contributed by atoms with Crippen LogP contribution < -0.4 is 0 Å². The van der Waals surface area contributed by atoms with Crippen molar-refractivity contribution in [2.45, 2.75) is 84.0 Å². The summed E-state index contributed by atoms with van der Waals surface area (Å²) in [5.41, 5.74) is 0. The molecule has 0 nitrogen and oxygen atoms in total. The molecule has 0 saturated heterocycles. The Morgan fingerprint density at radius 1 is 0.688 bits per heavy atom. The zero-order chi connectivity index (χ0) is 11.9. The SMILES string of the molecule is [CH2]CCCC/C=C/CCCCCCCCC. The van der Waals surface area contributed by atoms with Crippen LogP contribution in [0.15, 0.2) is 12.2 Å². The van der Waals surface area contributed by atoms with Crippen LogP contribution >= 0.6 is 0 Å². The molecule has 0 spiro atoms. The molecule has 95 valence electrons. The minimum atomic E-state index is 1.09. The van der Waals surface area contributed by atoms with Gasteiger partial charge in [-0.3, -0.25) is 0 Å². The average Bonchev–Trinajstić information content (AvgIpc) is 2.31. The Hall–Kier alpha value is -0.260. The van der Waals surface area contributed by atoms with Crippen LogP contribution in [0.1, 0.15) is 84.0 Å². The predicted molar refractivity (Wildman–Crippen MR) is 75.6 cm³/mol. The van der Waals surface area contributed by atoms with E-state index < -0.39 is 0 Å². The van der Waals surface area contributed by atoms with Gasteiger partial charge in [0.2, 0.25) is 0 Å². The first kappa shape index (κ1) is 15.7. The van der Waals surface area contributed by atoms with E-state index in [4.69, 9.17) is 0 Å². The maximum absolute atomic E-state index is 3.85. The maximum atomic E-state index is 3.85. The third-order valence-electron chi connectivity index (χ3n) is 3.01. The molecular formula is C16H31. The van der Waals surface area contributed by atoms with E-state index in [9.17, 15) is 0 Å². The number of rotatable bonds is 12. The monoisotopic (exact) mass is 223 g/mol. The van der Waals surface area contributed by atoms with Crippen molar-refractivity contribution in [2.75, 3.05) is 0 Å². The van der Waals surface area contributed by atoms with Gasteiger partial charge in [0.15, 0.2) is 0 Å². The first-order valence-electron chi connectivity index (χ1n) is 7.36. The summed E-state index contributed by atoms with van der Waals surface area (Å²) in [5, 5.41) is 0. The van der Waals surface area contributed by atoms with Gasteiger partial charge < -0.3 is 0 Å². The minimum absolute atomic E-state index is 1.09. The van der Waals surface area contributed by atoms with Crippen molar-refractivity contribution in [1.82, 2.24) is 0 Å². The van der Waals surface area contributed by atoms with Gasteiger partial charge in [-0.25, -0.2) is 0 Å². The summed E-state index contributed by atoms with van der Waals surface area (Å²) in [6.07, 6.45) is 20.9. The first-order chi connectivity index (χ1) is 7.91. The summed E-state index contributed by atoms with van der Waals surface area (Å²) >= 11 is 0. The number of allylic oxidation sites excluding steroid dienone is 2. The molecule has 0 aliphatic carbocycles. The lowest BCUT2D eigenvalue weighted by Gasteiger charge is -1.98. The largest absolute Gasteiger partial charge is 0.0885 e. The summed E-state index contributed by atoms with van der Waals surface area (Å²) < 4.78 is 0. The lowest BCUT2D eigenvalue weighted by molar-refractivity contribution is 0.592. The molecule has 0 aliphatic heterocycles. The molecule has 0 aliphatic rings. The molecule has 0 unspecified atom stereocenters. The van der Waals surface area contributed by atoms with Gasteiger partial charge in [0, 0.05) is 0 Å². The van der Waals surface area contributed by atoms with Crippen LogP contribution in [-0.4, -0.2) is 0 Å². The van der Waals surface area contributed by atoms with Gasteiger partial charge in [0.05, 0.1) is 0 Å². The van der Waals surface area contributed by atoms with Gasteiger partial charge in [-0.15, -0.1) is 0 Å². The van der Waals surface area contributed by atoms with Crippen LogP contribution in [0.4, 0.5) is 0 Å². The van der Waals surface area contributed by atoms with Crippen molar-refractivity contribution in [3.63, 3.8) is 0 Å². The fraction of sp³-hybridized carbons (Fsp3) is 0.812. The number of hydrogen-bond donors (Lipinski definition) is 0. The molecule has 0 saturated carbocycles. The summed E-state index contributed by atoms with van der Waals surface area (Å²) in [6.45, 7) is 6.13. The highest BCUT2D eigenvalue weighted by Gasteiger charge is 1.89. The van der Waals surface area contributed by atoms with E-state index in [0.29, 0.717) is 0 Å². The Labute approximate surface area is 104 Å². The van der Waals surface area contributed by atoms with Crippen LogP contribution in [0, 0.1) is 6.92 Å². The van der Waals surface area contributed by atoms with Gasteiger partial charge >= 0.3 is 0 Å². The van der Waals surface area contributed by atoms with Crippen molar-refractivity contribution >= 4 is 0 Å². The highest BCUT2D eigenvalue weighted by molar-refractivity contribution is 4.81. The Bertz CT molecular complexity index is 135. The first-order valence-corrected chi connectivity index (χ1v) is 7.36. The molecule has 0 heteroatoms. The van der Waals surface area contributed by atoms with Gasteiger partial charge in [-0.2, -0.15) is 0 Å². The molecule has 0 N–H and O–H groups in total. The van der Waals surface area contributed by atoms with E-state index >= 15 is 0 Å². The molecular weight excluding hydrogens is 192 g/mol. The molecule has 0 atom stereocenters. The van der Waals surface area contributed by atoms with Crippen molar-refractivity contribution in [2.24, 2.45) is 0 Å². The second-order valence-corrected chi connectivity index (χ2v) is 4.73. The highest BCUT2D eigenvalue weighted by Crippen LogP contribution is 2.09. The lowest BCUT2D eigenvalue weighted by Crippen LogP contribution is -1.79. The third-order valence-corrected chi connectivity index (χ3v) is 3.01. The van der Waals surface area contributed by atoms with Gasteiger partial charge in [0.25, 0.3) is 0 Å².